The smallest absolute Gasteiger partial charge is 0.332 e. The highest BCUT2D eigenvalue weighted by molar-refractivity contribution is 5.71. The van der Waals surface area contributed by atoms with Crippen LogP contribution in [0.5, 0.6) is 0 Å². The van der Waals surface area contributed by atoms with Crippen molar-refractivity contribution >= 4 is 5.97 Å². The molecule has 1 atom stereocenters. The highest BCUT2D eigenvalue weighted by Gasteiger charge is 2.11. The van der Waals surface area contributed by atoms with Gasteiger partial charge in [0.15, 0.2) is 6.10 Å². The molecular formula is C18H34O3. The number of rotatable bonds is 15. The lowest BCUT2D eigenvalue weighted by molar-refractivity contribution is -0.146. The van der Waals surface area contributed by atoms with E-state index in [4.69, 9.17) is 10.2 Å². The molecule has 3 heteroatoms. The van der Waals surface area contributed by atoms with Crippen LogP contribution in [0.2, 0.25) is 0 Å². The fraction of sp³-hybridized carbons (Fsp3) is 0.833. The molecule has 0 rings (SSSR count). The van der Waals surface area contributed by atoms with Crippen LogP contribution in [0.3, 0.4) is 0 Å². The summed E-state index contributed by atoms with van der Waals surface area (Å²) in [6, 6.07) is 0. The van der Waals surface area contributed by atoms with Crippen LogP contribution in [-0.2, 0) is 4.79 Å². The Morgan fingerprint density at radius 2 is 1.33 bits per heavy atom. The van der Waals surface area contributed by atoms with E-state index in [0.717, 1.165) is 19.3 Å². The van der Waals surface area contributed by atoms with E-state index in [-0.39, 0.29) is 0 Å². The minimum absolute atomic E-state index is 0.385. The fourth-order valence-corrected chi connectivity index (χ4v) is 2.36. The van der Waals surface area contributed by atoms with Gasteiger partial charge in [-0.05, 0) is 32.1 Å². The zero-order valence-electron chi connectivity index (χ0n) is 13.7. The van der Waals surface area contributed by atoms with Gasteiger partial charge in [-0.15, -0.1) is 0 Å². The number of hydrogen-bond acceptors (Lipinski definition) is 2. The molecule has 0 saturated carbocycles. The van der Waals surface area contributed by atoms with Crippen LogP contribution in [0.15, 0.2) is 12.2 Å². The van der Waals surface area contributed by atoms with Crippen molar-refractivity contribution < 1.29 is 15.0 Å². The fourth-order valence-electron chi connectivity index (χ4n) is 2.36. The molecule has 0 fully saturated rings. The lowest BCUT2D eigenvalue weighted by Gasteiger charge is -2.04. The minimum atomic E-state index is -1.17. The van der Waals surface area contributed by atoms with E-state index >= 15 is 0 Å². The van der Waals surface area contributed by atoms with Gasteiger partial charge in [-0.25, -0.2) is 4.79 Å². The number of aliphatic hydroxyl groups excluding tert-OH is 1. The maximum Gasteiger partial charge on any atom is 0.332 e. The second-order valence-electron chi connectivity index (χ2n) is 5.87. The molecule has 0 amide bonds. The van der Waals surface area contributed by atoms with Crippen LogP contribution in [0.25, 0.3) is 0 Å². The minimum Gasteiger partial charge on any atom is -0.479 e. The molecule has 3 nitrogen and oxygen atoms in total. The number of allylic oxidation sites excluding steroid dienone is 2. The van der Waals surface area contributed by atoms with Crippen LogP contribution < -0.4 is 0 Å². The van der Waals surface area contributed by atoms with Crippen molar-refractivity contribution in [2.24, 2.45) is 0 Å². The second-order valence-corrected chi connectivity index (χ2v) is 5.87. The summed E-state index contributed by atoms with van der Waals surface area (Å²) in [6.07, 6.45) is 18.3. The van der Waals surface area contributed by atoms with Gasteiger partial charge in [0.25, 0.3) is 0 Å². The van der Waals surface area contributed by atoms with E-state index in [1.54, 1.807) is 0 Å². The van der Waals surface area contributed by atoms with E-state index in [0.29, 0.717) is 6.42 Å². The Labute approximate surface area is 130 Å². The molecule has 0 heterocycles. The monoisotopic (exact) mass is 298 g/mol. The molecule has 0 aromatic carbocycles. The van der Waals surface area contributed by atoms with Gasteiger partial charge in [0, 0.05) is 0 Å². The van der Waals surface area contributed by atoms with Crippen LogP contribution >= 0.6 is 0 Å². The molecule has 124 valence electrons. The van der Waals surface area contributed by atoms with Crippen LogP contribution in [-0.4, -0.2) is 22.3 Å². The van der Waals surface area contributed by atoms with Crippen molar-refractivity contribution in [3.63, 3.8) is 0 Å². The first kappa shape index (κ1) is 20.2. The largest absolute Gasteiger partial charge is 0.479 e. The first-order chi connectivity index (χ1) is 10.2. The third-order valence-corrected chi connectivity index (χ3v) is 3.77. The molecule has 0 aliphatic carbocycles. The average molecular weight is 298 g/mol. The first-order valence-corrected chi connectivity index (χ1v) is 8.74. The third kappa shape index (κ3) is 15.4. The Morgan fingerprint density at radius 3 is 1.86 bits per heavy atom. The van der Waals surface area contributed by atoms with Gasteiger partial charge >= 0.3 is 5.97 Å². The summed E-state index contributed by atoms with van der Waals surface area (Å²) in [5, 5.41) is 17.6. The van der Waals surface area contributed by atoms with Crippen LogP contribution in [0, 0.1) is 0 Å². The maximum absolute atomic E-state index is 10.4. The van der Waals surface area contributed by atoms with Gasteiger partial charge in [0.2, 0.25) is 0 Å². The second kappa shape index (κ2) is 15.6. The summed E-state index contributed by atoms with van der Waals surface area (Å²) in [4.78, 5) is 10.4. The Morgan fingerprint density at radius 1 is 0.857 bits per heavy atom. The van der Waals surface area contributed by atoms with Gasteiger partial charge < -0.3 is 10.2 Å². The maximum atomic E-state index is 10.4. The summed E-state index contributed by atoms with van der Waals surface area (Å²) in [5.41, 5.74) is 0. The highest BCUT2D eigenvalue weighted by Crippen LogP contribution is 2.10. The van der Waals surface area contributed by atoms with Crippen molar-refractivity contribution in [1.29, 1.82) is 0 Å². The predicted molar refractivity (Wildman–Crippen MR) is 88.5 cm³/mol. The molecule has 0 radical (unpaired) electrons. The molecule has 0 aliphatic rings. The summed E-state index contributed by atoms with van der Waals surface area (Å²) in [5.74, 6) is -1.10. The van der Waals surface area contributed by atoms with Crippen LogP contribution in [0.4, 0.5) is 0 Å². The summed E-state index contributed by atoms with van der Waals surface area (Å²) < 4.78 is 0. The molecule has 21 heavy (non-hydrogen) atoms. The van der Waals surface area contributed by atoms with Gasteiger partial charge in [-0.2, -0.15) is 0 Å². The van der Waals surface area contributed by atoms with E-state index < -0.39 is 12.1 Å². The quantitative estimate of drug-likeness (QED) is 0.327. The Bertz CT molecular complexity index is 261. The standard InChI is InChI=1S/C18H34O3/c1-2-3-4-5-6-7-8-9-10-11-12-13-14-15-16-17(19)18(20)21/h7-8,17,19H,2-6,9-16H2,1H3,(H,20,21). The van der Waals surface area contributed by atoms with E-state index in [2.05, 4.69) is 19.1 Å². The topological polar surface area (TPSA) is 57.5 Å². The zero-order valence-corrected chi connectivity index (χ0v) is 13.7. The Hall–Kier alpha value is -0.830. The molecule has 0 aromatic rings. The Balaban J connectivity index is 3.15. The van der Waals surface area contributed by atoms with Crippen molar-refractivity contribution in [2.75, 3.05) is 0 Å². The molecule has 0 saturated heterocycles. The summed E-state index contributed by atoms with van der Waals surface area (Å²) in [6.45, 7) is 2.24. The van der Waals surface area contributed by atoms with Crippen molar-refractivity contribution in [2.45, 2.75) is 96.5 Å². The van der Waals surface area contributed by atoms with Crippen molar-refractivity contribution in [3.05, 3.63) is 12.2 Å². The molecular weight excluding hydrogens is 264 g/mol. The van der Waals surface area contributed by atoms with E-state index in [1.807, 2.05) is 0 Å². The lowest BCUT2D eigenvalue weighted by Crippen LogP contribution is -2.18. The van der Waals surface area contributed by atoms with Crippen LogP contribution in [0.1, 0.15) is 90.4 Å². The summed E-state index contributed by atoms with van der Waals surface area (Å²) >= 11 is 0. The first-order valence-electron chi connectivity index (χ1n) is 8.74. The third-order valence-electron chi connectivity index (χ3n) is 3.77. The molecule has 0 bridgehead atoms. The van der Waals surface area contributed by atoms with Gasteiger partial charge in [0.05, 0.1) is 0 Å². The highest BCUT2D eigenvalue weighted by atomic mass is 16.4. The van der Waals surface area contributed by atoms with Gasteiger partial charge in [-0.3, -0.25) is 0 Å². The van der Waals surface area contributed by atoms with Gasteiger partial charge in [0.1, 0.15) is 0 Å². The number of carbonyl (C=O) groups is 1. The van der Waals surface area contributed by atoms with E-state index in [1.165, 1.54) is 57.8 Å². The number of carboxylic acids is 1. The molecule has 0 aromatic heterocycles. The number of aliphatic hydroxyl groups is 1. The predicted octanol–water partition coefficient (Wildman–Crippen LogP) is 5.08. The number of carboxylic acid groups (broad SMARTS) is 1. The molecule has 2 N–H and O–H groups in total. The van der Waals surface area contributed by atoms with E-state index in [9.17, 15) is 4.79 Å². The Kier molecular flexibility index (Phi) is 14.9. The van der Waals surface area contributed by atoms with Gasteiger partial charge in [-0.1, -0.05) is 70.4 Å². The van der Waals surface area contributed by atoms with Crippen molar-refractivity contribution in [3.8, 4) is 0 Å². The SMILES string of the molecule is CCCCCCC=CCCCCCCCCC(O)C(=O)O. The average Bonchev–Trinajstić information content (AvgIpc) is 2.47. The number of hydrogen-bond donors (Lipinski definition) is 2. The normalized spacial score (nSPS) is 12.9. The number of unbranched alkanes of at least 4 members (excludes halogenated alkanes) is 10. The summed E-state index contributed by atoms with van der Waals surface area (Å²) in [7, 11) is 0. The zero-order chi connectivity index (χ0) is 15.8. The lowest BCUT2D eigenvalue weighted by atomic mass is 10.1. The molecule has 1 unspecified atom stereocenters. The molecule has 0 spiro atoms. The molecule has 0 aliphatic heterocycles. The van der Waals surface area contributed by atoms with Crippen molar-refractivity contribution in [1.82, 2.24) is 0 Å². The number of aliphatic carboxylic acids is 1.